The van der Waals surface area contributed by atoms with Crippen molar-refractivity contribution in [3.05, 3.63) is 34.9 Å². The van der Waals surface area contributed by atoms with Crippen molar-refractivity contribution in [1.29, 1.82) is 0 Å². The number of aliphatic hydroxyl groups excluding tert-OH is 1. The molecule has 0 amide bonds. The molecule has 2 N–H and O–H groups in total. The number of halogens is 1. The third kappa shape index (κ3) is 5.06. The number of hydrogen-bond acceptors (Lipinski definition) is 3. The highest BCUT2D eigenvalue weighted by Gasteiger charge is 2.23. The fourth-order valence-electron chi connectivity index (χ4n) is 2.69. The van der Waals surface area contributed by atoms with Gasteiger partial charge in [-0.05, 0) is 36.5 Å². The van der Waals surface area contributed by atoms with Crippen LogP contribution >= 0.6 is 11.6 Å². The molecule has 3 unspecified atom stereocenters. The molecule has 1 aromatic carbocycles. The second kappa shape index (κ2) is 7.99. The molecule has 0 radical (unpaired) electrons. The van der Waals surface area contributed by atoms with Crippen LogP contribution in [0.15, 0.2) is 24.3 Å². The van der Waals surface area contributed by atoms with Crippen LogP contribution in [0.3, 0.4) is 0 Å². The lowest BCUT2D eigenvalue weighted by molar-refractivity contribution is 0.0271. The highest BCUT2D eigenvalue weighted by molar-refractivity contribution is 6.30. The van der Waals surface area contributed by atoms with Gasteiger partial charge in [0.25, 0.3) is 0 Å². The van der Waals surface area contributed by atoms with Gasteiger partial charge in [0, 0.05) is 17.6 Å². The first-order chi connectivity index (χ1) is 9.65. The van der Waals surface area contributed by atoms with Crippen molar-refractivity contribution >= 4 is 11.6 Å². The van der Waals surface area contributed by atoms with E-state index in [2.05, 4.69) is 12.2 Å². The zero-order valence-electron chi connectivity index (χ0n) is 12.0. The van der Waals surface area contributed by atoms with E-state index in [0.717, 1.165) is 16.5 Å². The molecule has 2 rings (SSSR count). The van der Waals surface area contributed by atoms with E-state index in [4.69, 9.17) is 16.3 Å². The molecular weight excluding hydrogens is 274 g/mol. The minimum atomic E-state index is -0.449. The van der Waals surface area contributed by atoms with E-state index in [-0.39, 0.29) is 0 Å². The van der Waals surface area contributed by atoms with E-state index in [0.29, 0.717) is 25.8 Å². The molecule has 0 aliphatic heterocycles. The molecule has 0 bridgehead atoms. The molecule has 1 saturated carbocycles. The lowest BCUT2D eigenvalue weighted by Crippen LogP contribution is -2.38. The van der Waals surface area contributed by atoms with E-state index in [1.165, 1.54) is 19.3 Å². The van der Waals surface area contributed by atoms with Gasteiger partial charge >= 0.3 is 0 Å². The van der Waals surface area contributed by atoms with Gasteiger partial charge in [0.2, 0.25) is 0 Å². The fraction of sp³-hybridized carbons (Fsp3) is 0.625. The monoisotopic (exact) mass is 297 g/mol. The van der Waals surface area contributed by atoms with Gasteiger partial charge in [0.15, 0.2) is 0 Å². The van der Waals surface area contributed by atoms with Gasteiger partial charge in [0.1, 0.15) is 0 Å². The van der Waals surface area contributed by atoms with Crippen LogP contribution in [0.25, 0.3) is 0 Å². The second-order valence-corrected chi connectivity index (χ2v) is 6.15. The van der Waals surface area contributed by atoms with Gasteiger partial charge in [-0.15, -0.1) is 0 Å². The van der Waals surface area contributed by atoms with Crippen molar-refractivity contribution in [2.75, 3.05) is 13.2 Å². The SMILES string of the molecule is CC1CCCC1NCC(O)COCc1ccc(Cl)cc1. The average Bonchev–Trinajstić information content (AvgIpc) is 2.84. The first kappa shape index (κ1) is 15.8. The summed E-state index contributed by atoms with van der Waals surface area (Å²) in [6.07, 6.45) is 3.36. The van der Waals surface area contributed by atoms with Crippen LogP contribution in [0.4, 0.5) is 0 Å². The smallest absolute Gasteiger partial charge is 0.0897 e. The molecule has 4 heteroatoms. The summed E-state index contributed by atoms with van der Waals surface area (Å²) >= 11 is 5.82. The number of ether oxygens (including phenoxy) is 1. The summed E-state index contributed by atoms with van der Waals surface area (Å²) < 4.78 is 5.53. The highest BCUT2D eigenvalue weighted by Crippen LogP contribution is 2.24. The molecule has 1 aliphatic carbocycles. The summed E-state index contributed by atoms with van der Waals surface area (Å²) in [6, 6.07) is 8.13. The van der Waals surface area contributed by atoms with Gasteiger partial charge in [0.05, 0.1) is 19.3 Å². The van der Waals surface area contributed by atoms with Crippen molar-refractivity contribution < 1.29 is 9.84 Å². The summed E-state index contributed by atoms with van der Waals surface area (Å²) in [7, 11) is 0. The third-order valence-electron chi connectivity index (χ3n) is 3.97. The lowest BCUT2D eigenvalue weighted by atomic mass is 10.1. The van der Waals surface area contributed by atoms with Crippen LogP contribution in [0, 0.1) is 5.92 Å². The van der Waals surface area contributed by atoms with Crippen molar-refractivity contribution in [1.82, 2.24) is 5.32 Å². The Morgan fingerprint density at radius 2 is 2.10 bits per heavy atom. The maximum Gasteiger partial charge on any atom is 0.0897 e. The number of hydrogen-bond donors (Lipinski definition) is 2. The molecule has 1 fully saturated rings. The largest absolute Gasteiger partial charge is 0.389 e. The Kier molecular flexibility index (Phi) is 6.30. The van der Waals surface area contributed by atoms with Crippen LogP contribution < -0.4 is 5.32 Å². The molecule has 3 atom stereocenters. The van der Waals surface area contributed by atoms with Crippen molar-refractivity contribution in [3.63, 3.8) is 0 Å². The molecule has 0 spiro atoms. The van der Waals surface area contributed by atoms with Crippen LogP contribution in [0.5, 0.6) is 0 Å². The topological polar surface area (TPSA) is 41.5 Å². The Hall–Kier alpha value is -0.610. The Morgan fingerprint density at radius 1 is 1.35 bits per heavy atom. The maximum absolute atomic E-state index is 9.91. The van der Waals surface area contributed by atoms with E-state index < -0.39 is 6.10 Å². The van der Waals surface area contributed by atoms with Gasteiger partial charge < -0.3 is 15.2 Å². The van der Waals surface area contributed by atoms with E-state index in [1.807, 2.05) is 24.3 Å². The van der Waals surface area contributed by atoms with E-state index in [9.17, 15) is 5.11 Å². The molecular formula is C16H24ClNO2. The van der Waals surface area contributed by atoms with Crippen LogP contribution in [0.1, 0.15) is 31.7 Å². The Morgan fingerprint density at radius 3 is 2.75 bits per heavy atom. The molecule has 0 heterocycles. The molecule has 1 aromatic rings. The molecule has 1 aliphatic rings. The van der Waals surface area contributed by atoms with E-state index >= 15 is 0 Å². The predicted octanol–water partition coefficient (Wildman–Crippen LogP) is 3.00. The van der Waals surface area contributed by atoms with Crippen LogP contribution in [-0.2, 0) is 11.3 Å². The van der Waals surface area contributed by atoms with Gasteiger partial charge in [-0.2, -0.15) is 0 Å². The lowest BCUT2D eigenvalue weighted by Gasteiger charge is -2.19. The van der Waals surface area contributed by atoms with E-state index in [1.54, 1.807) is 0 Å². The summed E-state index contributed by atoms with van der Waals surface area (Å²) in [4.78, 5) is 0. The fourth-order valence-corrected chi connectivity index (χ4v) is 2.81. The third-order valence-corrected chi connectivity index (χ3v) is 4.22. The van der Waals surface area contributed by atoms with Crippen LogP contribution in [0.2, 0.25) is 5.02 Å². The Bertz CT molecular complexity index is 396. The standard InChI is InChI=1S/C16H24ClNO2/c1-12-3-2-4-16(12)18-9-15(19)11-20-10-13-5-7-14(17)8-6-13/h5-8,12,15-16,18-19H,2-4,9-11H2,1H3. The molecule has 3 nitrogen and oxygen atoms in total. The number of nitrogens with one attached hydrogen (secondary N) is 1. The molecule has 20 heavy (non-hydrogen) atoms. The van der Waals surface area contributed by atoms with Gasteiger partial charge in [-0.1, -0.05) is 37.1 Å². The molecule has 112 valence electrons. The average molecular weight is 298 g/mol. The summed E-state index contributed by atoms with van der Waals surface area (Å²) in [5, 5.41) is 14.1. The van der Waals surface area contributed by atoms with Crippen LogP contribution in [-0.4, -0.2) is 30.4 Å². The predicted molar refractivity (Wildman–Crippen MR) is 81.9 cm³/mol. The minimum absolute atomic E-state index is 0.358. The van der Waals surface area contributed by atoms with Crippen molar-refractivity contribution in [2.45, 2.75) is 44.9 Å². The minimum Gasteiger partial charge on any atom is -0.389 e. The maximum atomic E-state index is 9.91. The Labute approximate surface area is 126 Å². The first-order valence-electron chi connectivity index (χ1n) is 7.39. The Balaban J connectivity index is 1.60. The quantitative estimate of drug-likeness (QED) is 0.813. The summed E-state index contributed by atoms with van der Waals surface area (Å²) in [5.41, 5.74) is 1.07. The summed E-state index contributed by atoms with van der Waals surface area (Å²) in [5.74, 6) is 0.720. The zero-order valence-corrected chi connectivity index (χ0v) is 12.8. The summed E-state index contributed by atoms with van der Waals surface area (Å²) in [6.45, 7) is 3.74. The second-order valence-electron chi connectivity index (χ2n) is 5.72. The zero-order chi connectivity index (χ0) is 14.4. The van der Waals surface area contributed by atoms with Crippen molar-refractivity contribution in [3.8, 4) is 0 Å². The van der Waals surface area contributed by atoms with Crippen molar-refractivity contribution in [2.24, 2.45) is 5.92 Å². The van der Waals surface area contributed by atoms with Gasteiger partial charge in [-0.3, -0.25) is 0 Å². The number of benzene rings is 1. The first-order valence-corrected chi connectivity index (χ1v) is 7.76. The number of rotatable bonds is 7. The normalized spacial score (nSPS) is 23.9. The van der Waals surface area contributed by atoms with Gasteiger partial charge in [-0.25, -0.2) is 0 Å². The highest BCUT2D eigenvalue weighted by atomic mass is 35.5. The molecule has 0 saturated heterocycles. The molecule has 0 aromatic heterocycles. The number of aliphatic hydroxyl groups is 1.